The van der Waals surface area contributed by atoms with E-state index in [-0.39, 0.29) is 12.0 Å². The number of carboxylic acid groups (broad SMARTS) is 1. The number of ether oxygens (including phenoxy) is 1. The highest BCUT2D eigenvalue weighted by atomic mass is 16.5. The standard InChI is InChI=1S/C25H31N5O3/c1-6-14-33-20-12-10-18(11-13-20)23(24-27-28-29-30(24)25(3,4)5)26-21(16-22(31)32)19-9-7-8-17(2)15-19/h6-13,15,21,23,26H,1,14,16H2,2-5H3,(H,31,32). The number of hydrogen-bond acceptors (Lipinski definition) is 6. The zero-order chi connectivity index (χ0) is 24.0. The quantitative estimate of drug-likeness (QED) is 0.447. The van der Waals surface area contributed by atoms with E-state index in [0.717, 1.165) is 16.7 Å². The second kappa shape index (κ2) is 10.4. The smallest absolute Gasteiger partial charge is 0.305 e. The maximum Gasteiger partial charge on any atom is 0.305 e. The van der Waals surface area contributed by atoms with E-state index in [0.29, 0.717) is 18.2 Å². The molecule has 0 aliphatic carbocycles. The Hall–Kier alpha value is -3.52. The molecule has 0 fully saturated rings. The summed E-state index contributed by atoms with van der Waals surface area (Å²) >= 11 is 0. The third-order valence-electron chi connectivity index (χ3n) is 5.16. The van der Waals surface area contributed by atoms with Gasteiger partial charge in [-0.25, -0.2) is 4.68 Å². The topological polar surface area (TPSA) is 102 Å². The Labute approximate surface area is 194 Å². The lowest BCUT2D eigenvalue weighted by Crippen LogP contribution is -2.34. The van der Waals surface area contributed by atoms with Crippen molar-refractivity contribution in [2.24, 2.45) is 0 Å². The largest absolute Gasteiger partial charge is 0.490 e. The fourth-order valence-electron chi connectivity index (χ4n) is 3.62. The monoisotopic (exact) mass is 449 g/mol. The molecule has 3 rings (SSSR count). The number of hydrogen-bond donors (Lipinski definition) is 2. The SMILES string of the molecule is C=CCOc1ccc(C(NC(CC(=O)O)c2cccc(C)c2)c2nnnn2C(C)(C)C)cc1. The molecule has 8 heteroatoms. The molecule has 0 amide bonds. The van der Waals surface area contributed by atoms with Crippen LogP contribution in [0.25, 0.3) is 0 Å². The summed E-state index contributed by atoms with van der Waals surface area (Å²) in [5, 5.41) is 25.6. The summed E-state index contributed by atoms with van der Waals surface area (Å²) < 4.78 is 7.38. The van der Waals surface area contributed by atoms with Crippen molar-refractivity contribution in [3.05, 3.63) is 83.7 Å². The summed E-state index contributed by atoms with van der Waals surface area (Å²) in [5.74, 6) is 0.426. The van der Waals surface area contributed by atoms with Crippen molar-refractivity contribution in [2.45, 2.75) is 51.7 Å². The van der Waals surface area contributed by atoms with Crippen molar-refractivity contribution in [1.82, 2.24) is 25.5 Å². The van der Waals surface area contributed by atoms with Crippen molar-refractivity contribution in [2.75, 3.05) is 6.61 Å². The van der Waals surface area contributed by atoms with Crippen LogP contribution in [0.1, 0.15) is 61.8 Å². The number of benzene rings is 2. The molecule has 0 saturated heterocycles. The van der Waals surface area contributed by atoms with Crippen LogP contribution < -0.4 is 10.1 Å². The predicted octanol–water partition coefficient (Wildman–Crippen LogP) is 4.20. The molecule has 2 unspecified atom stereocenters. The second-order valence-electron chi connectivity index (χ2n) is 8.95. The summed E-state index contributed by atoms with van der Waals surface area (Å²) in [6, 6.07) is 14.6. The minimum Gasteiger partial charge on any atom is -0.490 e. The van der Waals surface area contributed by atoms with Gasteiger partial charge in [-0.15, -0.1) is 5.10 Å². The number of aliphatic carboxylic acids is 1. The van der Waals surface area contributed by atoms with Crippen molar-refractivity contribution >= 4 is 5.97 Å². The molecule has 2 atom stereocenters. The van der Waals surface area contributed by atoms with Gasteiger partial charge in [-0.05, 0) is 61.4 Å². The Balaban J connectivity index is 2.05. The summed E-state index contributed by atoms with van der Waals surface area (Å²) in [6.07, 6.45) is 1.60. The van der Waals surface area contributed by atoms with Gasteiger partial charge in [0, 0.05) is 6.04 Å². The number of aromatic nitrogens is 4. The minimum atomic E-state index is -0.892. The van der Waals surface area contributed by atoms with Crippen LogP contribution in [0.5, 0.6) is 5.75 Å². The highest BCUT2D eigenvalue weighted by molar-refractivity contribution is 5.68. The summed E-state index contributed by atoms with van der Waals surface area (Å²) in [5.41, 5.74) is 2.48. The van der Waals surface area contributed by atoms with Gasteiger partial charge in [-0.2, -0.15) is 0 Å². The van der Waals surface area contributed by atoms with E-state index in [1.165, 1.54) is 0 Å². The number of carbonyl (C=O) groups is 1. The van der Waals surface area contributed by atoms with E-state index in [2.05, 4.69) is 27.4 Å². The lowest BCUT2D eigenvalue weighted by atomic mass is 9.97. The molecule has 174 valence electrons. The molecular formula is C25H31N5O3. The zero-order valence-electron chi connectivity index (χ0n) is 19.5. The van der Waals surface area contributed by atoms with Crippen LogP contribution in [0, 0.1) is 6.92 Å². The average Bonchev–Trinajstić information content (AvgIpc) is 3.26. The van der Waals surface area contributed by atoms with Crippen molar-refractivity contribution in [3.8, 4) is 5.75 Å². The van der Waals surface area contributed by atoms with Crippen LogP contribution in [0.15, 0.2) is 61.2 Å². The maximum atomic E-state index is 11.7. The lowest BCUT2D eigenvalue weighted by molar-refractivity contribution is -0.137. The Kier molecular flexibility index (Phi) is 7.60. The third-order valence-corrected chi connectivity index (χ3v) is 5.16. The first kappa shape index (κ1) is 24.1. The van der Waals surface area contributed by atoms with Crippen molar-refractivity contribution < 1.29 is 14.6 Å². The van der Waals surface area contributed by atoms with Crippen molar-refractivity contribution in [1.29, 1.82) is 0 Å². The summed E-state index contributed by atoms with van der Waals surface area (Å²) in [6.45, 7) is 12.1. The number of nitrogens with zero attached hydrogens (tertiary/aromatic N) is 4. The van der Waals surface area contributed by atoms with E-state index in [1.807, 2.05) is 76.2 Å². The Morgan fingerprint density at radius 1 is 1.21 bits per heavy atom. The van der Waals surface area contributed by atoms with Crippen LogP contribution in [-0.2, 0) is 10.3 Å². The van der Waals surface area contributed by atoms with Crippen LogP contribution >= 0.6 is 0 Å². The number of tetrazole rings is 1. The van der Waals surface area contributed by atoms with Gasteiger partial charge in [0.2, 0.25) is 0 Å². The molecular weight excluding hydrogens is 418 g/mol. The van der Waals surface area contributed by atoms with Gasteiger partial charge < -0.3 is 9.84 Å². The molecule has 0 saturated carbocycles. The van der Waals surface area contributed by atoms with Crippen LogP contribution in [0.3, 0.4) is 0 Å². The first-order valence-electron chi connectivity index (χ1n) is 10.9. The molecule has 1 aromatic heterocycles. The molecule has 0 bridgehead atoms. The highest BCUT2D eigenvalue weighted by Gasteiger charge is 2.30. The van der Waals surface area contributed by atoms with Gasteiger partial charge >= 0.3 is 5.97 Å². The van der Waals surface area contributed by atoms with Gasteiger partial charge in [0.15, 0.2) is 5.82 Å². The lowest BCUT2D eigenvalue weighted by Gasteiger charge is -2.28. The van der Waals surface area contributed by atoms with Gasteiger partial charge in [0.05, 0.1) is 18.0 Å². The van der Waals surface area contributed by atoms with E-state index in [4.69, 9.17) is 4.74 Å². The maximum absolute atomic E-state index is 11.7. The molecule has 3 aromatic rings. The summed E-state index contributed by atoms with van der Waals surface area (Å²) in [4.78, 5) is 11.7. The fraction of sp³-hybridized carbons (Fsp3) is 0.360. The Bertz CT molecular complexity index is 1090. The normalized spacial score (nSPS) is 13.3. The first-order chi connectivity index (χ1) is 15.7. The molecule has 1 heterocycles. The molecule has 0 spiro atoms. The second-order valence-corrected chi connectivity index (χ2v) is 8.95. The molecule has 0 radical (unpaired) electrons. The van der Waals surface area contributed by atoms with E-state index >= 15 is 0 Å². The van der Waals surface area contributed by atoms with Gasteiger partial charge in [-0.1, -0.05) is 54.6 Å². The van der Waals surface area contributed by atoms with Crippen LogP contribution in [-0.4, -0.2) is 37.9 Å². The average molecular weight is 450 g/mol. The zero-order valence-corrected chi connectivity index (χ0v) is 19.5. The van der Waals surface area contributed by atoms with Gasteiger partial charge in [-0.3, -0.25) is 10.1 Å². The minimum absolute atomic E-state index is 0.0857. The van der Waals surface area contributed by atoms with Gasteiger partial charge in [0.1, 0.15) is 12.4 Å². The van der Waals surface area contributed by atoms with E-state index < -0.39 is 18.1 Å². The molecule has 8 nitrogen and oxygen atoms in total. The number of aryl methyl sites for hydroxylation is 1. The number of rotatable bonds is 10. The predicted molar refractivity (Wildman–Crippen MR) is 126 cm³/mol. The fourth-order valence-corrected chi connectivity index (χ4v) is 3.62. The third kappa shape index (κ3) is 6.26. The molecule has 2 aromatic carbocycles. The van der Waals surface area contributed by atoms with E-state index in [9.17, 15) is 9.90 Å². The Morgan fingerprint density at radius 3 is 2.55 bits per heavy atom. The number of nitrogens with one attached hydrogen (secondary N) is 1. The van der Waals surface area contributed by atoms with E-state index in [1.54, 1.807) is 10.8 Å². The first-order valence-corrected chi connectivity index (χ1v) is 10.9. The van der Waals surface area contributed by atoms with Crippen molar-refractivity contribution in [3.63, 3.8) is 0 Å². The van der Waals surface area contributed by atoms with Crippen LogP contribution in [0.2, 0.25) is 0 Å². The Morgan fingerprint density at radius 2 is 1.94 bits per heavy atom. The summed E-state index contributed by atoms with van der Waals surface area (Å²) in [7, 11) is 0. The molecule has 0 aliphatic rings. The number of carboxylic acids is 1. The van der Waals surface area contributed by atoms with Crippen LogP contribution in [0.4, 0.5) is 0 Å². The molecule has 2 N–H and O–H groups in total. The molecule has 0 aliphatic heterocycles. The molecule has 33 heavy (non-hydrogen) atoms. The van der Waals surface area contributed by atoms with Gasteiger partial charge in [0.25, 0.3) is 0 Å². The highest BCUT2D eigenvalue weighted by Crippen LogP contribution is 2.30.